The van der Waals surface area contributed by atoms with E-state index in [1.807, 2.05) is 38.2 Å². The third-order valence-corrected chi connectivity index (χ3v) is 3.39. The van der Waals surface area contributed by atoms with Gasteiger partial charge in [0.15, 0.2) is 5.82 Å². The van der Waals surface area contributed by atoms with E-state index in [1.165, 1.54) is 0 Å². The quantitative estimate of drug-likeness (QED) is 0.945. The average molecular weight is 296 g/mol. The first-order valence-electron chi connectivity index (χ1n) is 5.41. The van der Waals surface area contributed by atoms with Crippen molar-refractivity contribution in [3.05, 3.63) is 46.5 Å². The highest BCUT2D eigenvalue weighted by molar-refractivity contribution is 9.10. The molecular weight excluding hydrogens is 282 g/mol. The van der Waals surface area contributed by atoms with Gasteiger partial charge in [-0.1, -0.05) is 35.0 Å². The van der Waals surface area contributed by atoms with E-state index < -0.39 is 5.60 Å². The SMILES string of the molecule is CCC(O)(c1cccc(Br)c1)c1nncn1C. The minimum absolute atomic E-state index is 0.538. The van der Waals surface area contributed by atoms with Crippen molar-refractivity contribution < 1.29 is 5.11 Å². The molecule has 1 atom stereocenters. The van der Waals surface area contributed by atoms with Crippen LogP contribution in [0.4, 0.5) is 0 Å². The summed E-state index contributed by atoms with van der Waals surface area (Å²) in [7, 11) is 1.83. The number of halogens is 1. The second-order valence-electron chi connectivity index (χ2n) is 3.99. The number of aromatic nitrogens is 3. The molecule has 1 heterocycles. The minimum atomic E-state index is -1.10. The normalized spacial score (nSPS) is 14.6. The predicted molar refractivity (Wildman–Crippen MR) is 68.4 cm³/mol. The molecule has 0 saturated heterocycles. The number of hydrogen-bond donors (Lipinski definition) is 1. The van der Waals surface area contributed by atoms with Gasteiger partial charge in [-0.2, -0.15) is 0 Å². The lowest BCUT2D eigenvalue weighted by atomic mass is 9.90. The molecule has 2 aromatic rings. The van der Waals surface area contributed by atoms with Crippen LogP contribution in [0.2, 0.25) is 0 Å². The monoisotopic (exact) mass is 295 g/mol. The van der Waals surface area contributed by atoms with Gasteiger partial charge in [-0.3, -0.25) is 0 Å². The standard InChI is InChI=1S/C12H14BrN3O/c1-3-12(17,11-15-14-8-16(11)2)9-5-4-6-10(13)7-9/h4-8,17H,3H2,1-2H3. The first-order valence-corrected chi connectivity index (χ1v) is 6.20. The highest BCUT2D eigenvalue weighted by atomic mass is 79.9. The Labute approximate surface area is 108 Å². The topological polar surface area (TPSA) is 50.9 Å². The van der Waals surface area contributed by atoms with Crippen molar-refractivity contribution in [2.75, 3.05) is 0 Å². The molecule has 0 fully saturated rings. The second kappa shape index (κ2) is 4.58. The Morgan fingerprint density at radius 3 is 2.76 bits per heavy atom. The fraction of sp³-hybridized carbons (Fsp3) is 0.333. The van der Waals surface area contributed by atoms with Gasteiger partial charge in [0.2, 0.25) is 0 Å². The van der Waals surface area contributed by atoms with E-state index in [1.54, 1.807) is 10.9 Å². The summed E-state index contributed by atoms with van der Waals surface area (Å²) in [5.41, 5.74) is -0.292. The summed E-state index contributed by atoms with van der Waals surface area (Å²) in [5.74, 6) is 0.554. The highest BCUT2D eigenvalue weighted by Crippen LogP contribution is 2.32. The molecular formula is C12H14BrN3O. The molecule has 1 aromatic carbocycles. The minimum Gasteiger partial charge on any atom is -0.377 e. The zero-order valence-corrected chi connectivity index (χ0v) is 11.3. The van der Waals surface area contributed by atoms with Gasteiger partial charge in [-0.15, -0.1) is 10.2 Å². The molecule has 0 saturated carbocycles. The Morgan fingerprint density at radius 1 is 1.47 bits per heavy atom. The molecule has 0 radical (unpaired) electrons. The molecule has 0 aliphatic heterocycles. The molecule has 90 valence electrons. The zero-order valence-electron chi connectivity index (χ0n) is 9.76. The molecule has 5 heteroatoms. The molecule has 2 rings (SSSR count). The molecule has 0 amide bonds. The number of hydrogen-bond acceptors (Lipinski definition) is 3. The maximum Gasteiger partial charge on any atom is 0.169 e. The van der Waals surface area contributed by atoms with Crippen LogP contribution < -0.4 is 0 Å². The lowest BCUT2D eigenvalue weighted by Crippen LogP contribution is -2.30. The van der Waals surface area contributed by atoms with Gasteiger partial charge < -0.3 is 9.67 Å². The smallest absolute Gasteiger partial charge is 0.169 e. The van der Waals surface area contributed by atoms with Crippen LogP contribution in [0.15, 0.2) is 35.1 Å². The first kappa shape index (κ1) is 12.3. The molecule has 0 aliphatic rings. The Bertz CT molecular complexity index is 526. The summed E-state index contributed by atoms with van der Waals surface area (Å²) in [4.78, 5) is 0. The number of aryl methyl sites for hydroxylation is 1. The van der Waals surface area contributed by atoms with E-state index in [9.17, 15) is 5.11 Å². The second-order valence-corrected chi connectivity index (χ2v) is 4.91. The van der Waals surface area contributed by atoms with Crippen molar-refractivity contribution in [3.8, 4) is 0 Å². The maximum absolute atomic E-state index is 10.8. The fourth-order valence-corrected chi connectivity index (χ4v) is 2.29. The maximum atomic E-state index is 10.8. The number of rotatable bonds is 3. The van der Waals surface area contributed by atoms with Crippen molar-refractivity contribution in [3.63, 3.8) is 0 Å². The van der Waals surface area contributed by atoms with Gasteiger partial charge in [0.25, 0.3) is 0 Å². The molecule has 0 spiro atoms. The summed E-state index contributed by atoms with van der Waals surface area (Å²) >= 11 is 3.41. The molecule has 4 nitrogen and oxygen atoms in total. The van der Waals surface area contributed by atoms with E-state index in [4.69, 9.17) is 0 Å². The molecule has 0 bridgehead atoms. The molecule has 0 aliphatic carbocycles. The molecule has 17 heavy (non-hydrogen) atoms. The fourth-order valence-electron chi connectivity index (χ4n) is 1.89. The summed E-state index contributed by atoms with van der Waals surface area (Å²) in [6.45, 7) is 1.93. The average Bonchev–Trinajstić information content (AvgIpc) is 2.75. The Morgan fingerprint density at radius 2 is 2.24 bits per heavy atom. The third-order valence-electron chi connectivity index (χ3n) is 2.90. The van der Waals surface area contributed by atoms with Crippen molar-refractivity contribution >= 4 is 15.9 Å². The lowest BCUT2D eigenvalue weighted by Gasteiger charge is -2.26. The first-order chi connectivity index (χ1) is 8.08. The lowest BCUT2D eigenvalue weighted by molar-refractivity contribution is 0.0636. The Hall–Kier alpha value is -1.20. The van der Waals surface area contributed by atoms with Crippen molar-refractivity contribution in [2.24, 2.45) is 7.05 Å². The van der Waals surface area contributed by atoms with E-state index >= 15 is 0 Å². The van der Waals surface area contributed by atoms with Crippen LogP contribution in [-0.4, -0.2) is 19.9 Å². The van der Waals surface area contributed by atoms with Gasteiger partial charge >= 0.3 is 0 Å². The van der Waals surface area contributed by atoms with Crippen LogP contribution >= 0.6 is 15.9 Å². The Balaban J connectivity index is 2.55. The van der Waals surface area contributed by atoms with Crippen LogP contribution in [0.25, 0.3) is 0 Å². The number of aliphatic hydroxyl groups is 1. The predicted octanol–water partition coefficient (Wildman–Crippen LogP) is 2.22. The van der Waals surface area contributed by atoms with Crippen molar-refractivity contribution in [1.29, 1.82) is 0 Å². The van der Waals surface area contributed by atoms with E-state index in [2.05, 4.69) is 26.1 Å². The van der Waals surface area contributed by atoms with Gasteiger partial charge in [0, 0.05) is 11.5 Å². The third kappa shape index (κ3) is 2.12. The van der Waals surface area contributed by atoms with Gasteiger partial charge in [-0.25, -0.2) is 0 Å². The van der Waals surface area contributed by atoms with Crippen LogP contribution in [0.1, 0.15) is 24.7 Å². The number of nitrogens with zero attached hydrogens (tertiary/aromatic N) is 3. The van der Waals surface area contributed by atoms with E-state index in [-0.39, 0.29) is 0 Å². The summed E-state index contributed by atoms with van der Waals surface area (Å²) in [5, 5.41) is 18.7. The summed E-state index contributed by atoms with van der Waals surface area (Å²) < 4.78 is 2.67. The van der Waals surface area contributed by atoms with Crippen LogP contribution in [0.3, 0.4) is 0 Å². The number of benzene rings is 1. The molecule has 1 unspecified atom stereocenters. The van der Waals surface area contributed by atoms with Crippen molar-refractivity contribution in [2.45, 2.75) is 18.9 Å². The van der Waals surface area contributed by atoms with Gasteiger partial charge in [0.1, 0.15) is 11.9 Å². The summed E-state index contributed by atoms with van der Waals surface area (Å²) in [6, 6.07) is 7.62. The van der Waals surface area contributed by atoms with Gasteiger partial charge in [0.05, 0.1) is 0 Å². The highest BCUT2D eigenvalue weighted by Gasteiger charge is 2.34. The largest absolute Gasteiger partial charge is 0.377 e. The van der Waals surface area contributed by atoms with Crippen LogP contribution in [0.5, 0.6) is 0 Å². The van der Waals surface area contributed by atoms with E-state index in [0.717, 1.165) is 10.0 Å². The van der Waals surface area contributed by atoms with Gasteiger partial charge in [-0.05, 0) is 24.1 Å². The zero-order chi connectivity index (χ0) is 12.5. The van der Waals surface area contributed by atoms with Crippen molar-refractivity contribution in [1.82, 2.24) is 14.8 Å². The Kier molecular flexibility index (Phi) is 3.31. The molecule has 1 aromatic heterocycles. The van der Waals surface area contributed by atoms with Crippen LogP contribution in [-0.2, 0) is 12.6 Å². The van der Waals surface area contributed by atoms with E-state index in [0.29, 0.717) is 12.2 Å². The van der Waals surface area contributed by atoms with Crippen LogP contribution in [0, 0.1) is 0 Å². The summed E-state index contributed by atoms with van der Waals surface area (Å²) in [6.07, 6.45) is 2.13. The molecule has 1 N–H and O–H groups in total.